The number of rotatable bonds is 8. The molecule has 1 N–H and O–H groups in total. The summed E-state index contributed by atoms with van der Waals surface area (Å²) in [7, 11) is -0.643. The first-order chi connectivity index (χ1) is 13.9. The number of aryl methyl sites for hydroxylation is 1. The smallest absolute Gasteiger partial charge is 0.262 e. The minimum atomic E-state index is -3.74. The van der Waals surface area contributed by atoms with Gasteiger partial charge in [0.1, 0.15) is 23.9 Å². The van der Waals surface area contributed by atoms with E-state index in [0.717, 1.165) is 16.9 Å². The molecule has 0 unspecified atom stereocenters. The van der Waals surface area contributed by atoms with Crippen molar-refractivity contribution in [2.24, 2.45) is 0 Å². The molecule has 0 atom stereocenters. The normalized spacial score (nSPS) is 11.0. The molecule has 0 aliphatic carbocycles. The van der Waals surface area contributed by atoms with Crippen molar-refractivity contribution in [1.82, 2.24) is 0 Å². The maximum absolute atomic E-state index is 12.7. The van der Waals surface area contributed by atoms with E-state index in [1.165, 1.54) is 7.11 Å². The minimum Gasteiger partial charge on any atom is -0.497 e. The summed E-state index contributed by atoms with van der Waals surface area (Å²) >= 11 is 0. The number of benzene rings is 3. The summed E-state index contributed by atoms with van der Waals surface area (Å²) in [5, 5.41) is 0. The fourth-order valence-electron chi connectivity index (χ4n) is 2.68. The van der Waals surface area contributed by atoms with E-state index in [1.807, 2.05) is 37.3 Å². The average Bonchev–Trinajstić information content (AvgIpc) is 2.73. The van der Waals surface area contributed by atoms with E-state index in [4.69, 9.17) is 14.2 Å². The molecule has 0 aromatic heterocycles. The monoisotopic (exact) mass is 413 g/mol. The standard InChI is InChI=1S/C22H23NO5S/c1-16-4-11-20(12-5-16)29(24,25)23-21-14-17(6-13-22(21)27-3)15-28-19-9-7-18(26-2)8-10-19/h4-14,23H,15H2,1-3H3. The third kappa shape index (κ3) is 5.20. The summed E-state index contributed by atoms with van der Waals surface area (Å²) in [5.41, 5.74) is 2.13. The fourth-order valence-corrected chi connectivity index (χ4v) is 3.75. The Morgan fingerprint density at radius 2 is 1.48 bits per heavy atom. The van der Waals surface area contributed by atoms with Crippen LogP contribution in [-0.4, -0.2) is 22.6 Å². The molecule has 29 heavy (non-hydrogen) atoms. The highest BCUT2D eigenvalue weighted by molar-refractivity contribution is 7.92. The molecule has 0 spiro atoms. The summed E-state index contributed by atoms with van der Waals surface area (Å²) in [6, 6.07) is 19.1. The number of hydrogen-bond acceptors (Lipinski definition) is 5. The maximum Gasteiger partial charge on any atom is 0.262 e. The first kappa shape index (κ1) is 20.5. The van der Waals surface area contributed by atoms with Crippen LogP contribution >= 0.6 is 0 Å². The lowest BCUT2D eigenvalue weighted by Crippen LogP contribution is -2.14. The van der Waals surface area contributed by atoms with Gasteiger partial charge in [-0.1, -0.05) is 23.8 Å². The summed E-state index contributed by atoms with van der Waals surface area (Å²) in [6.07, 6.45) is 0. The number of sulfonamides is 1. The first-order valence-corrected chi connectivity index (χ1v) is 10.4. The Morgan fingerprint density at radius 1 is 0.828 bits per heavy atom. The maximum atomic E-state index is 12.7. The van der Waals surface area contributed by atoms with Crippen molar-refractivity contribution in [3.8, 4) is 17.2 Å². The van der Waals surface area contributed by atoms with Crippen molar-refractivity contribution in [1.29, 1.82) is 0 Å². The van der Waals surface area contributed by atoms with Gasteiger partial charge in [0.25, 0.3) is 10.0 Å². The topological polar surface area (TPSA) is 73.9 Å². The summed E-state index contributed by atoms with van der Waals surface area (Å²) < 4.78 is 44.3. The molecular formula is C22H23NO5S. The Morgan fingerprint density at radius 3 is 2.10 bits per heavy atom. The average molecular weight is 413 g/mol. The van der Waals surface area contributed by atoms with Gasteiger partial charge in [0.2, 0.25) is 0 Å². The molecule has 0 saturated carbocycles. The first-order valence-electron chi connectivity index (χ1n) is 8.94. The van der Waals surface area contributed by atoms with Gasteiger partial charge in [-0.25, -0.2) is 8.42 Å². The van der Waals surface area contributed by atoms with Gasteiger partial charge in [-0.2, -0.15) is 0 Å². The largest absolute Gasteiger partial charge is 0.497 e. The van der Waals surface area contributed by atoms with Gasteiger partial charge in [-0.05, 0) is 61.0 Å². The summed E-state index contributed by atoms with van der Waals surface area (Å²) in [5.74, 6) is 1.85. The van der Waals surface area contributed by atoms with Crippen molar-refractivity contribution in [2.45, 2.75) is 18.4 Å². The predicted octanol–water partition coefficient (Wildman–Crippen LogP) is 4.39. The third-order valence-electron chi connectivity index (χ3n) is 4.30. The Bertz CT molecular complexity index is 1060. The molecule has 152 valence electrons. The lowest BCUT2D eigenvalue weighted by Gasteiger charge is -2.14. The number of ether oxygens (including phenoxy) is 3. The lowest BCUT2D eigenvalue weighted by molar-refractivity contribution is 0.305. The Balaban J connectivity index is 1.78. The number of nitrogens with one attached hydrogen (secondary N) is 1. The summed E-state index contributed by atoms with van der Waals surface area (Å²) in [6.45, 7) is 2.18. The van der Waals surface area contributed by atoms with Crippen molar-refractivity contribution in [2.75, 3.05) is 18.9 Å². The van der Waals surface area contributed by atoms with E-state index < -0.39 is 10.0 Å². The second-order valence-electron chi connectivity index (χ2n) is 6.42. The molecule has 0 saturated heterocycles. The SMILES string of the molecule is COc1ccc(OCc2ccc(OC)c(NS(=O)(=O)c3ccc(C)cc3)c2)cc1. The molecule has 7 heteroatoms. The third-order valence-corrected chi connectivity index (χ3v) is 5.69. The van der Waals surface area contributed by atoms with E-state index in [-0.39, 0.29) is 11.5 Å². The van der Waals surface area contributed by atoms with E-state index >= 15 is 0 Å². The van der Waals surface area contributed by atoms with E-state index in [2.05, 4.69) is 4.72 Å². The molecule has 0 aliphatic heterocycles. The van der Waals surface area contributed by atoms with Crippen LogP contribution in [0, 0.1) is 6.92 Å². The molecule has 3 aromatic carbocycles. The van der Waals surface area contributed by atoms with Crippen molar-refractivity contribution in [3.05, 3.63) is 77.9 Å². The van der Waals surface area contributed by atoms with Gasteiger partial charge in [0.05, 0.1) is 24.8 Å². The number of hydrogen-bond donors (Lipinski definition) is 1. The highest BCUT2D eigenvalue weighted by Gasteiger charge is 2.17. The molecule has 0 aliphatic rings. The quantitative estimate of drug-likeness (QED) is 0.593. The van der Waals surface area contributed by atoms with Crippen molar-refractivity contribution < 1.29 is 22.6 Å². The van der Waals surface area contributed by atoms with Crippen LogP contribution in [0.15, 0.2) is 71.6 Å². The zero-order valence-electron chi connectivity index (χ0n) is 16.5. The zero-order chi connectivity index (χ0) is 20.9. The van der Waals surface area contributed by atoms with Crippen LogP contribution in [0.1, 0.15) is 11.1 Å². The van der Waals surface area contributed by atoms with E-state index in [9.17, 15) is 8.42 Å². The minimum absolute atomic E-state index is 0.185. The highest BCUT2D eigenvalue weighted by atomic mass is 32.2. The molecular weight excluding hydrogens is 390 g/mol. The summed E-state index contributed by atoms with van der Waals surface area (Å²) in [4.78, 5) is 0.185. The second kappa shape index (κ2) is 8.87. The predicted molar refractivity (Wildman–Crippen MR) is 112 cm³/mol. The van der Waals surface area contributed by atoms with Crippen LogP contribution in [0.3, 0.4) is 0 Å². The Hall–Kier alpha value is -3.19. The fraction of sp³-hybridized carbons (Fsp3) is 0.182. The van der Waals surface area contributed by atoms with E-state index in [1.54, 1.807) is 43.5 Å². The van der Waals surface area contributed by atoms with Gasteiger partial charge in [0.15, 0.2) is 0 Å². The molecule has 0 heterocycles. The van der Waals surface area contributed by atoms with Crippen molar-refractivity contribution >= 4 is 15.7 Å². The van der Waals surface area contributed by atoms with Crippen LogP contribution in [0.4, 0.5) is 5.69 Å². The molecule has 0 fully saturated rings. The Labute approximate surface area is 171 Å². The van der Waals surface area contributed by atoms with Crippen LogP contribution in [0.2, 0.25) is 0 Å². The number of anilines is 1. The molecule has 0 radical (unpaired) electrons. The van der Waals surface area contributed by atoms with Gasteiger partial charge in [-0.15, -0.1) is 0 Å². The Kier molecular flexibility index (Phi) is 6.29. The zero-order valence-corrected chi connectivity index (χ0v) is 17.3. The second-order valence-corrected chi connectivity index (χ2v) is 8.10. The lowest BCUT2D eigenvalue weighted by atomic mass is 10.2. The highest BCUT2D eigenvalue weighted by Crippen LogP contribution is 2.29. The van der Waals surface area contributed by atoms with Gasteiger partial charge in [0, 0.05) is 0 Å². The van der Waals surface area contributed by atoms with Crippen LogP contribution in [0.25, 0.3) is 0 Å². The van der Waals surface area contributed by atoms with Crippen molar-refractivity contribution in [3.63, 3.8) is 0 Å². The number of methoxy groups -OCH3 is 2. The molecule has 3 rings (SSSR count). The van der Waals surface area contributed by atoms with Gasteiger partial charge >= 0.3 is 0 Å². The molecule has 0 amide bonds. The van der Waals surface area contributed by atoms with Crippen LogP contribution in [-0.2, 0) is 16.6 Å². The van der Waals surface area contributed by atoms with Crippen LogP contribution < -0.4 is 18.9 Å². The van der Waals surface area contributed by atoms with Crippen LogP contribution in [0.5, 0.6) is 17.2 Å². The molecule has 0 bridgehead atoms. The molecule has 3 aromatic rings. The van der Waals surface area contributed by atoms with Gasteiger partial charge < -0.3 is 14.2 Å². The molecule has 6 nitrogen and oxygen atoms in total. The van der Waals surface area contributed by atoms with E-state index in [0.29, 0.717) is 17.2 Å². The van der Waals surface area contributed by atoms with Gasteiger partial charge in [-0.3, -0.25) is 4.72 Å².